The third-order valence-electron chi connectivity index (χ3n) is 9.94. The number of hydrogen-bond donors (Lipinski definition) is 4. The smallest absolute Gasteiger partial charge is 0.407 e. The Hall–Kier alpha value is -6.20. The third-order valence-corrected chi connectivity index (χ3v) is 9.94. The van der Waals surface area contributed by atoms with Crippen LogP contribution in [0.2, 0.25) is 0 Å². The summed E-state index contributed by atoms with van der Waals surface area (Å²) in [7, 11) is 0. The molecule has 0 spiro atoms. The zero-order valence-corrected chi connectivity index (χ0v) is 32.9. The molecule has 0 radical (unpaired) electrons. The van der Waals surface area contributed by atoms with E-state index in [2.05, 4.69) is 41.2 Å². The van der Waals surface area contributed by atoms with Gasteiger partial charge in [-0.3, -0.25) is 9.59 Å². The average Bonchev–Trinajstić information content (AvgIpc) is 3.56. The Morgan fingerprint density at radius 1 is 0.776 bits per heavy atom. The van der Waals surface area contributed by atoms with Gasteiger partial charge >= 0.3 is 12.1 Å². The van der Waals surface area contributed by atoms with Crippen molar-refractivity contribution >= 4 is 23.9 Å². The van der Waals surface area contributed by atoms with Gasteiger partial charge < -0.3 is 35.3 Å². The maximum Gasteiger partial charge on any atom is 0.407 e. The zero-order chi connectivity index (χ0) is 41.3. The van der Waals surface area contributed by atoms with Crippen LogP contribution in [0, 0.1) is 5.92 Å². The Morgan fingerprint density at radius 3 is 2.07 bits per heavy atom. The molecule has 5 rings (SSSR count). The molecular formula is C47H53N3O8. The fourth-order valence-electron chi connectivity index (χ4n) is 6.93. The number of carbonyl (C=O) groups is 4. The molecule has 4 aromatic rings. The number of hydrogen-bond acceptors (Lipinski definition) is 8. The first-order valence-corrected chi connectivity index (χ1v) is 19.6. The third kappa shape index (κ3) is 12.4. The van der Waals surface area contributed by atoms with Crippen LogP contribution in [-0.4, -0.2) is 66.9 Å². The summed E-state index contributed by atoms with van der Waals surface area (Å²) >= 11 is 0. The first-order valence-electron chi connectivity index (χ1n) is 19.6. The van der Waals surface area contributed by atoms with Crippen LogP contribution in [0.25, 0.3) is 11.1 Å². The van der Waals surface area contributed by atoms with E-state index in [4.69, 9.17) is 14.2 Å². The molecule has 0 unspecified atom stereocenters. The molecular weight excluding hydrogens is 735 g/mol. The predicted octanol–water partition coefficient (Wildman–Crippen LogP) is 6.79. The Kier molecular flexibility index (Phi) is 16.2. The lowest BCUT2D eigenvalue weighted by Gasteiger charge is -2.22. The van der Waals surface area contributed by atoms with Crippen LogP contribution in [0.5, 0.6) is 5.75 Å². The van der Waals surface area contributed by atoms with Gasteiger partial charge in [0.2, 0.25) is 11.8 Å². The second-order valence-electron chi connectivity index (χ2n) is 14.4. The van der Waals surface area contributed by atoms with Crippen LogP contribution < -0.4 is 20.7 Å². The molecule has 4 N–H and O–H groups in total. The van der Waals surface area contributed by atoms with Gasteiger partial charge in [-0.05, 0) is 78.1 Å². The second-order valence-corrected chi connectivity index (χ2v) is 14.4. The highest BCUT2D eigenvalue weighted by atomic mass is 16.6. The van der Waals surface area contributed by atoms with Gasteiger partial charge in [-0.2, -0.15) is 0 Å². The number of aliphatic hydroxyl groups excluding tert-OH is 1. The van der Waals surface area contributed by atoms with Gasteiger partial charge in [-0.1, -0.05) is 103 Å². The summed E-state index contributed by atoms with van der Waals surface area (Å²) < 4.78 is 17.0. The first-order chi connectivity index (χ1) is 28.2. The number of aliphatic hydroxyl groups is 1. The number of esters is 1. The Balaban J connectivity index is 1.06. The fourth-order valence-corrected chi connectivity index (χ4v) is 6.93. The maximum atomic E-state index is 13.3. The van der Waals surface area contributed by atoms with Gasteiger partial charge in [-0.15, -0.1) is 13.2 Å². The number of alkyl carbamates (subject to hydrolysis) is 1. The van der Waals surface area contributed by atoms with Crippen LogP contribution in [0.4, 0.5) is 4.79 Å². The average molecular weight is 788 g/mol. The molecule has 4 aromatic carbocycles. The van der Waals surface area contributed by atoms with Crippen molar-refractivity contribution in [3.05, 3.63) is 151 Å². The van der Waals surface area contributed by atoms with E-state index in [9.17, 15) is 24.3 Å². The first kappa shape index (κ1) is 42.9. The topological polar surface area (TPSA) is 152 Å². The number of carbonyl (C=O) groups excluding carboxylic acids is 4. The molecule has 0 saturated heterocycles. The van der Waals surface area contributed by atoms with E-state index in [0.29, 0.717) is 25.2 Å². The summed E-state index contributed by atoms with van der Waals surface area (Å²) in [4.78, 5) is 52.5. The molecule has 1 aliphatic rings. The number of ether oxygens (including phenoxy) is 3. The summed E-state index contributed by atoms with van der Waals surface area (Å²) in [6, 6.07) is 31.2. The van der Waals surface area contributed by atoms with Crippen molar-refractivity contribution in [1.29, 1.82) is 0 Å². The molecule has 0 saturated carbocycles. The minimum Gasteiger partial charge on any atom is -0.489 e. The minimum atomic E-state index is -1.00. The van der Waals surface area contributed by atoms with Gasteiger partial charge in [0.05, 0.1) is 24.6 Å². The largest absolute Gasteiger partial charge is 0.489 e. The molecule has 1 aliphatic carbocycles. The summed E-state index contributed by atoms with van der Waals surface area (Å²) in [6.07, 6.45) is 3.61. The number of fused-ring (bicyclic) bond motifs is 3. The Labute approximate surface area is 340 Å². The molecule has 3 amide bonds. The monoisotopic (exact) mass is 787 g/mol. The van der Waals surface area contributed by atoms with E-state index in [1.807, 2.05) is 91.0 Å². The van der Waals surface area contributed by atoms with Gasteiger partial charge in [-0.25, -0.2) is 9.59 Å². The molecule has 4 atom stereocenters. The van der Waals surface area contributed by atoms with Crippen molar-refractivity contribution < 1.29 is 38.5 Å². The van der Waals surface area contributed by atoms with Crippen molar-refractivity contribution in [1.82, 2.24) is 16.0 Å². The van der Waals surface area contributed by atoms with Crippen molar-refractivity contribution in [2.24, 2.45) is 5.92 Å². The van der Waals surface area contributed by atoms with Crippen molar-refractivity contribution in [3.8, 4) is 16.9 Å². The van der Waals surface area contributed by atoms with E-state index >= 15 is 0 Å². The quantitative estimate of drug-likeness (QED) is 0.0502. The van der Waals surface area contributed by atoms with E-state index < -0.39 is 47.9 Å². The maximum absolute atomic E-state index is 13.3. The highest BCUT2D eigenvalue weighted by molar-refractivity contribution is 5.86. The van der Waals surface area contributed by atoms with Crippen molar-refractivity contribution in [2.75, 3.05) is 19.8 Å². The van der Waals surface area contributed by atoms with Crippen LogP contribution in [0.1, 0.15) is 60.8 Å². The van der Waals surface area contributed by atoms with Crippen molar-refractivity contribution in [2.45, 2.75) is 69.7 Å². The van der Waals surface area contributed by atoms with Gasteiger partial charge in [0, 0.05) is 12.3 Å². The molecule has 0 fully saturated rings. The normalized spacial score (nSPS) is 13.7. The molecule has 0 aliphatic heterocycles. The minimum absolute atomic E-state index is 0.0935. The highest BCUT2D eigenvalue weighted by Crippen LogP contribution is 2.44. The highest BCUT2D eigenvalue weighted by Gasteiger charge is 2.30. The van der Waals surface area contributed by atoms with E-state index in [1.54, 1.807) is 19.1 Å². The zero-order valence-electron chi connectivity index (χ0n) is 32.9. The molecule has 304 valence electrons. The van der Waals surface area contributed by atoms with E-state index in [-0.39, 0.29) is 45.0 Å². The second kappa shape index (κ2) is 21.9. The number of amides is 3. The number of allylic oxidation sites excluding steroid dienone is 2. The Bertz CT molecular complexity index is 1960. The SMILES string of the molecule is C=CCC[C@H](NC(=O)OCC1c2ccccc2-c2ccccc21)C(=O)OC[C@H](C)NC(=O)[C@@H](CC=C)CC(=O)N[C@H](CO)Cc1ccc(OCc2ccccc2)cc1. The number of nitrogens with one attached hydrogen (secondary N) is 3. The molecule has 11 heteroatoms. The van der Waals surface area contributed by atoms with Gasteiger partial charge in [0.15, 0.2) is 0 Å². The molecule has 0 aromatic heterocycles. The number of rotatable bonds is 22. The summed E-state index contributed by atoms with van der Waals surface area (Å²) in [5.41, 5.74) is 6.31. The molecule has 0 bridgehead atoms. The van der Waals surface area contributed by atoms with Crippen LogP contribution in [-0.2, 0) is 36.9 Å². The molecule has 0 heterocycles. The van der Waals surface area contributed by atoms with E-state index in [1.165, 1.54) is 0 Å². The van der Waals surface area contributed by atoms with Crippen LogP contribution in [0.15, 0.2) is 128 Å². The van der Waals surface area contributed by atoms with Crippen LogP contribution in [0.3, 0.4) is 0 Å². The summed E-state index contributed by atoms with van der Waals surface area (Å²) in [5, 5.41) is 18.3. The predicted molar refractivity (Wildman–Crippen MR) is 223 cm³/mol. The Morgan fingerprint density at radius 2 is 1.43 bits per heavy atom. The van der Waals surface area contributed by atoms with E-state index in [0.717, 1.165) is 33.4 Å². The summed E-state index contributed by atoms with van der Waals surface area (Å²) in [6.45, 7) is 9.21. The van der Waals surface area contributed by atoms with Crippen LogP contribution >= 0.6 is 0 Å². The van der Waals surface area contributed by atoms with Gasteiger partial charge in [0.1, 0.15) is 31.6 Å². The lowest BCUT2D eigenvalue weighted by Crippen LogP contribution is -2.45. The molecule has 11 nitrogen and oxygen atoms in total. The van der Waals surface area contributed by atoms with Crippen molar-refractivity contribution in [3.63, 3.8) is 0 Å². The lowest BCUT2D eigenvalue weighted by atomic mass is 9.98. The lowest BCUT2D eigenvalue weighted by molar-refractivity contribution is -0.147. The summed E-state index contributed by atoms with van der Waals surface area (Å²) in [5.74, 6) is -1.66. The number of benzene rings is 4. The standard InChI is InChI=1S/C47H53N3O8/c1-4-6-21-43(50-47(55)58-31-42-40-19-12-10-17-38(40)39-18-11-13-20-41(39)42)46(54)57-29-32(3)48-45(53)35(14-5-2)27-44(52)49-36(28-51)26-33-22-24-37(25-23-33)56-30-34-15-8-7-9-16-34/h4-5,7-13,15-20,22-25,32,35-36,42-43,51H,1-2,6,14,21,26-31H2,3H3,(H,48,53)(H,49,52)(H,50,55)/t32-,35-,36-,43-/m0/s1. The van der Waals surface area contributed by atoms with Gasteiger partial charge in [0.25, 0.3) is 0 Å². The fraction of sp³-hybridized carbons (Fsp3) is 0.319. The molecule has 58 heavy (non-hydrogen) atoms.